The molecule has 0 saturated heterocycles. The Morgan fingerprint density at radius 3 is 2.62 bits per heavy atom. The minimum atomic E-state index is -0.402. The van der Waals surface area contributed by atoms with E-state index in [2.05, 4.69) is 15.4 Å². The molecule has 2 aromatic carbocycles. The second kappa shape index (κ2) is 9.42. The molecule has 9 heteroatoms. The summed E-state index contributed by atoms with van der Waals surface area (Å²) in [6.45, 7) is 1.92. The summed E-state index contributed by atoms with van der Waals surface area (Å²) in [6.07, 6.45) is 0. The lowest BCUT2D eigenvalue weighted by molar-refractivity contribution is -0.122. The molecule has 0 unspecified atom stereocenters. The SMILES string of the molecule is Cc1nc(-c2ccccc2Cl)sc1CNC(=O)Cn1nc(-c2ccc(F)cc2)ccc1=O. The van der Waals surface area contributed by atoms with Crippen molar-refractivity contribution >= 4 is 28.8 Å². The van der Waals surface area contributed by atoms with Crippen LogP contribution < -0.4 is 10.9 Å². The lowest BCUT2D eigenvalue weighted by atomic mass is 10.1. The van der Waals surface area contributed by atoms with Crippen LogP contribution >= 0.6 is 22.9 Å². The van der Waals surface area contributed by atoms with Gasteiger partial charge in [-0.05, 0) is 43.3 Å². The van der Waals surface area contributed by atoms with Crippen LogP contribution in [0.15, 0.2) is 65.5 Å². The van der Waals surface area contributed by atoms with Crippen molar-refractivity contribution in [2.45, 2.75) is 20.0 Å². The fraction of sp³-hybridized carbons (Fsp3) is 0.130. The average Bonchev–Trinajstić information content (AvgIpc) is 3.15. The summed E-state index contributed by atoms with van der Waals surface area (Å²) in [5, 5.41) is 8.44. The quantitative estimate of drug-likeness (QED) is 0.453. The molecule has 4 rings (SSSR count). The molecule has 1 N–H and O–H groups in total. The van der Waals surface area contributed by atoms with E-state index in [-0.39, 0.29) is 24.8 Å². The van der Waals surface area contributed by atoms with E-state index in [9.17, 15) is 14.0 Å². The van der Waals surface area contributed by atoms with Crippen LogP contribution in [-0.2, 0) is 17.9 Å². The first-order valence-electron chi connectivity index (χ1n) is 9.73. The largest absolute Gasteiger partial charge is 0.350 e. The standard InChI is InChI=1S/C23H18ClFN4O2S/c1-14-20(32-23(27-14)17-4-2-3-5-18(17)24)12-26-21(30)13-29-22(31)11-10-19(28-29)15-6-8-16(25)9-7-15/h2-11H,12-13H2,1H3,(H,26,30). The Kier molecular flexibility index (Phi) is 6.43. The van der Waals surface area contributed by atoms with E-state index >= 15 is 0 Å². The first kappa shape index (κ1) is 21.9. The van der Waals surface area contributed by atoms with Crippen molar-refractivity contribution < 1.29 is 9.18 Å². The Morgan fingerprint density at radius 2 is 1.88 bits per heavy atom. The van der Waals surface area contributed by atoms with Gasteiger partial charge in [0.1, 0.15) is 17.4 Å². The van der Waals surface area contributed by atoms with Gasteiger partial charge >= 0.3 is 0 Å². The van der Waals surface area contributed by atoms with Crippen molar-refractivity contribution in [2.24, 2.45) is 0 Å². The van der Waals surface area contributed by atoms with E-state index in [1.165, 1.54) is 29.5 Å². The second-order valence-corrected chi connectivity index (χ2v) is 8.50. The van der Waals surface area contributed by atoms with Crippen molar-refractivity contribution in [3.63, 3.8) is 0 Å². The molecule has 32 heavy (non-hydrogen) atoms. The van der Waals surface area contributed by atoms with Gasteiger partial charge in [0.15, 0.2) is 0 Å². The Morgan fingerprint density at radius 1 is 1.12 bits per heavy atom. The number of hydrogen-bond acceptors (Lipinski definition) is 5. The molecule has 4 aromatic rings. The van der Waals surface area contributed by atoms with Gasteiger partial charge in [0.25, 0.3) is 5.56 Å². The molecule has 162 valence electrons. The number of hydrogen-bond donors (Lipinski definition) is 1. The highest BCUT2D eigenvalue weighted by Crippen LogP contribution is 2.32. The Balaban J connectivity index is 1.45. The number of carbonyl (C=O) groups excluding carboxylic acids is 1. The van der Waals surface area contributed by atoms with E-state index in [0.29, 0.717) is 16.3 Å². The monoisotopic (exact) mass is 468 g/mol. The van der Waals surface area contributed by atoms with Crippen LogP contribution in [0.4, 0.5) is 4.39 Å². The van der Waals surface area contributed by atoms with Crippen molar-refractivity contribution in [1.29, 1.82) is 0 Å². The highest BCUT2D eigenvalue weighted by Gasteiger charge is 2.14. The summed E-state index contributed by atoms with van der Waals surface area (Å²) in [5.41, 5.74) is 2.36. The highest BCUT2D eigenvalue weighted by atomic mass is 35.5. The minimum Gasteiger partial charge on any atom is -0.350 e. The normalized spacial score (nSPS) is 10.8. The maximum atomic E-state index is 13.1. The summed E-state index contributed by atoms with van der Waals surface area (Å²) in [6, 6.07) is 16.1. The number of halogens is 2. The van der Waals surface area contributed by atoms with Gasteiger partial charge in [-0.2, -0.15) is 5.10 Å². The van der Waals surface area contributed by atoms with Crippen LogP contribution in [-0.4, -0.2) is 20.7 Å². The average molecular weight is 469 g/mol. The molecular formula is C23H18ClFN4O2S. The maximum absolute atomic E-state index is 13.1. The van der Waals surface area contributed by atoms with E-state index in [4.69, 9.17) is 11.6 Å². The van der Waals surface area contributed by atoms with Gasteiger partial charge in [-0.3, -0.25) is 9.59 Å². The van der Waals surface area contributed by atoms with Crippen LogP contribution in [0.25, 0.3) is 21.8 Å². The highest BCUT2D eigenvalue weighted by molar-refractivity contribution is 7.15. The van der Waals surface area contributed by atoms with Gasteiger partial charge in [-0.15, -0.1) is 11.3 Å². The summed E-state index contributed by atoms with van der Waals surface area (Å²) in [5.74, 6) is -0.722. The zero-order chi connectivity index (χ0) is 22.7. The number of aromatic nitrogens is 3. The lowest BCUT2D eigenvalue weighted by Crippen LogP contribution is -2.33. The van der Waals surface area contributed by atoms with Gasteiger partial charge in [0.05, 0.1) is 23.0 Å². The Labute approximate surface area is 192 Å². The molecule has 0 bridgehead atoms. The van der Waals surface area contributed by atoms with Crippen molar-refractivity contribution in [3.8, 4) is 21.8 Å². The predicted molar refractivity (Wildman–Crippen MR) is 123 cm³/mol. The van der Waals surface area contributed by atoms with E-state index in [1.54, 1.807) is 24.3 Å². The molecule has 0 fully saturated rings. The number of nitrogens with one attached hydrogen (secondary N) is 1. The molecule has 0 aliphatic carbocycles. The number of carbonyl (C=O) groups is 1. The first-order valence-corrected chi connectivity index (χ1v) is 10.9. The molecule has 1 amide bonds. The smallest absolute Gasteiger partial charge is 0.267 e. The molecule has 0 spiro atoms. The number of aryl methyl sites for hydroxylation is 1. The first-order chi connectivity index (χ1) is 15.4. The third-order valence-electron chi connectivity index (χ3n) is 4.74. The van der Waals surface area contributed by atoms with E-state index < -0.39 is 5.56 Å². The number of amides is 1. The molecule has 2 aromatic heterocycles. The number of benzene rings is 2. The molecular weight excluding hydrogens is 451 g/mol. The van der Waals surface area contributed by atoms with Gasteiger partial charge in [-0.25, -0.2) is 14.1 Å². The summed E-state index contributed by atoms with van der Waals surface area (Å²) in [7, 11) is 0. The van der Waals surface area contributed by atoms with E-state index in [1.807, 2.05) is 25.1 Å². The fourth-order valence-corrected chi connectivity index (χ4v) is 4.37. The second-order valence-electron chi connectivity index (χ2n) is 7.01. The minimum absolute atomic E-state index is 0.233. The van der Waals surface area contributed by atoms with Crippen LogP contribution in [0.1, 0.15) is 10.6 Å². The van der Waals surface area contributed by atoms with Crippen molar-refractivity contribution in [2.75, 3.05) is 0 Å². The van der Waals surface area contributed by atoms with Crippen LogP contribution in [0.2, 0.25) is 5.02 Å². The topological polar surface area (TPSA) is 76.9 Å². The lowest BCUT2D eigenvalue weighted by Gasteiger charge is -2.08. The predicted octanol–water partition coefficient (Wildman–Crippen LogP) is 4.45. The van der Waals surface area contributed by atoms with E-state index in [0.717, 1.165) is 25.8 Å². The fourth-order valence-electron chi connectivity index (χ4n) is 3.05. The zero-order valence-corrected chi connectivity index (χ0v) is 18.6. The number of nitrogens with zero attached hydrogens (tertiary/aromatic N) is 3. The molecule has 0 aliphatic rings. The van der Waals surface area contributed by atoms with Gasteiger partial charge in [-0.1, -0.05) is 29.8 Å². The third kappa shape index (κ3) is 4.92. The Bertz CT molecular complexity index is 1330. The third-order valence-corrected chi connectivity index (χ3v) is 6.26. The summed E-state index contributed by atoms with van der Waals surface area (Å²) < 4.78 is 14.2. The van der Waals surface area contributed by atoms with Crippen LogP contribution in [0.5, 0.6) is 0 Å². The molecule has 6 nitrogen and oxygen atoms in total. The van der Waals surface area contributed by atoms with Gasteiger partial charge < -0.3 is 5.32 Å². The molecule has 2 heterocycles. The number of thiazole rings is 1. The summed E-state index contributed by atoms with van der Waals surface area (Å²) >= 11 is 7.71. The van der Waals surface area contributed by atoms with Crippen LogP contribution in [0, 0.1) is 12.7 Å². The zero-order valence-electron chi connectivity index (χ0n) is 17.0. The molecule has 0 radical (unpaired) electrons. The molecule has 0 atom stereocenters. The molecule has 0 saturated carbocycles. The molecule has 0 aliphatic heterocycles. The Hall–Kier alpha value is -3.36. The van der Waals surface area contributed by atoms with Crippen molar-refractivity contribution in [3.05, 3.63) is 92.4 Å². The van der Waals surface area contributed by atoms with Crippen molar-refractivity contribution in [1.82, 2.24) is 20.1 Å². The van der Waals surface area contributed by atoms with Crippen LogP contribution in [0.3, 0.4) is 0 Å². The van der Waals surface area contributed by atoms with Gasteiger partial charge in [0, 0.05) is 22.1 Å². The van der Waals surface area contributed by atoms with Gasteiger partial charge in [0.2, 0.25) is 5.91 Å². The summed E-state index contributed by atoms with van der Waals surface area (Å²) in [4.78, 5) is 30.1. The number of rotatable bonds is 6. The maximum Gasteiger partial charge on any atom is 0.267 e.